The topological polar surface area (TPSA) is 46.6 Å². The first kappa shape index (κ1) is 11.2. The Labute approximate surface area is 84.2 Å². The van der Waals surface area contributed by atoms with Crippen LogP contribution in [0, 0.1) is 5.92 Å². The number of hydrogen-bond acceptors (Lipinski definition) is 4. The van der Waals surface area contributed by atoms with Crippen LogP contribution in [0.25, 0.3) is 0 Å². The van der Waals surface area contributed by atoms with Gasteiger partial charge in [0, 0.05) is 25.4 Å². The van der Waals surface area contributed by atoms with E-state index in [9.17, 15) is 9.59 Å². The van der Waals surface area contributed by atoms with Crippen LogP contribution in [0.1, 0.15) is 20.3 Å². The lowest BCUT2D eigenvalue weighted by atomic mass is 9.97. The zero-order chi connectivity index (χ0) is 10.7. The second-order valence-electron chi connectivity index (χ2n) is 3.81. The Kier molecular flexibility index (Phi) is 3.63. The summed E-state index contributed by atoms with van der Waals surface area (Å²) in [6.07, 6.45) is 0.544. The van der Waals surface area contributed by atoms with E-state index in [1.807, 2.05) is 18.7 Å². The van der Waals surface area contributed by atoms with Gasteiger partial charge >= 0.3 is 5.97 Å². The molecule has 1 fully saturated rings. The molecule has 4 nitrogen and oxygen atoms in total. The fourth-order valence-corrected chi connectivity index (χ4v) is 1.72. The van der Waals surface area contributed by atoms with E-state index >= 15 is 0 Å². The van der Waals surface area contributed by atoms with Crippen LogP contribution in [0.4, 0.5) is 0 Å². The third kappa shape index (κ3) is 2.32. The highest BCUT2D eigenvalue weighted by molar-refractivity contribution is 5.82. The number of hydrogen-bond donors (Lipinski definition) is 0. The second-order valence-corrected chi connectivity index (χ2v) is 3.81. The minimum Gasteiger partial charge on any atom is -0.468 e. The van der Waals surface area contributed by atoms with Crippen molar-refractivity contribution in [3.05, 3.63) is 0 Å². The lowest BCUT2D eigenvalue weighted by Gasteiger charge is -2.33. The summed E-state index contributed by atoms with van der Waals surface area (Å²) in [5, 5.41) is 0. The number of ketones is 1. The molecule has 2 unspecified atom stereocenters. The van der Waals surface area contributed by atoms with E-state index in [1.165, 1.54) is 7.11 Å². The Balaban J connectivity index is 2.54. The van der Waals surface area contributed by atoms with Crippen molar-refractivity contribution < 1.29 is 14.3 Å². The zero-order valence-electron chi connectivity index (χ0n) is 8.95. The van der Waals surface area contributed by atoms with Gasteiger partial charge in [0.25, 0.3) is 0 Å². The molecular weight excluding hydrogens is 182 g/mol. The van der Waals surface area contributed by atoms with Gasteiger partial charge in [-0.2, -0.15) is 0 Å². The molecule has 1 heterocycles. The van der Waals surface area contributed by atoms with Gasteiger partial charge in [0.05, 0.1) is 7.11 Å². The number of methoxy groups -OCH3 is 1. The van der Waals surface area contributed by atoms with Crippen molar-refractivity contribution in [2.75, 3.05) is 20.2 Å². The molecule has 1 rings (SSSR count). The molecule has 4 heteroatoms. The van der Waals surface area contributed by atoms with Gasteiger partial charge in [0.15, 0.2) is 0 Å². The number of carbonyl (C=O) groups excluding carboxylic acids is 2. The lowest BCUT2D eigenvalue weighted by molar-refractivity contribution is -0.148. The summed E-state index contributed by atoms with van der Waals surface area (Å²) in [5.74, 6) is 0.0979. The van der Waals surface area contributed by atoms with Crippen molar-refractivity contribution in [3.63, 3.8) is 0 Å². The summed E-state index contributed by atoms with van der Waals surface area (Å²) < 4.78 is 4.66. The highest BCUT2D eigenvalue weighted by Gasteiger charge is 2.29. The average molecular weight is 199 g/mol. The SMILES string of the molecule is COC(=O)C(C)N1CCC(=O)C(C)C1. The van der Waals surface area contributed by atoms with E-state index in [1.54, 1.807) is 0 Å². The maximum absolute atomic E-state index is 11.3. The van der Waals surface area contributed by atoms with E-state index in [-0.39, 0.29) is 17.9 Å². The van der Waals surface area contributed by atoms with Crippen molar-refractivity contribution in [1.29, 1.82) is 0 Å². The van der Waals surface area contributed by atoms with Crippen molar-refractivity contribution >= 4 is 11.8 Å². The maximum atomic E-state index is 11.3. The Bertz CT molecular complexity index is 240. The number of esters is 1. The fourth-order valence-electron chi connectivity index (χ4n) is 1.72. The Hall–Kier alpha value is -0.900. The smallest absolute Gasteiger partial charge is 0.322 e. The molecular formula is C10H17NO3. The molecule has 0 amide bonds. The maximum Gasteiger partial charge on any atom is 0.322 e. The monoisotopic (exact) mass is 199 g/mol. The number of carbonyl (C=O) groups is 2. The Morgan fingerprint density at radius 3 is 2.79 bits per heavy atom. The minimum atomic E-state index is -0.240. The van der Waals surface area contributed by atoms with Gasteiger partial charge in [0.2, 0.25) is 0 Å². The van der Waals surface area contributed by atoms with Gasteiger partial charge in [-0.05, 0) is 6.92 Å². The molecule has 0 spiro atoms. The minimum absolute atomic E-state index is 0.0378. The summed E-state index contributed by atoms with van der Waals surface area (Å²) in [5.41, 5.74) is 0. The van der Waals surface area contributed by atoms with Crippen molar-refractivity contribution in [3.8, 4) is 0 Å². The van der Waals surface area contributed by atoms with Crippen LogP contribution in [0.2, 0.25) is 0 Å². The third-order valence-electron chi connectivity index (χ3n) is 2.79. The van der Waals surface area contributed by atoms with E-state index in [0.29, 0.717) is 25.3 Å². The van der Waals surface area contributed by atoms with Crippen LogP contribution in [-0.4, -0.2) is 42.9 Å². The number of likely N-dealkylation sites (tertiary alicyclic amines) is 1. The molecule has 1 aliphatic heterocycles. The Morgan fingerprint density at radius 2 is 2.29 bits per heavy atom. The molecule has 2 atom stereocenters. The number of rotatable bonds is 2. The predicted molar refractivity (Wildman–Crippen MR) is 51.8 cm³/mol. The molecule has 14 heavy (non-hydrogen) atoms. The molecule has 1 saturated heterocycles. The molecule has 0 bridgehead atoms. The van der Waals surface area contributed by atoms with Crippen LogP contribution >= 0.6 is 0 Å². The third-order valence-corrected chi connectivity index (χ3v) is 2.79. The highest BCUT2D eigenvalue weighted by atomic mass is 16.5. The van der Waals surface area contributed by atoms with E-state index in [4.69, 9.17) is 0 Å². The standard InChI is InChI=1S/C10H17NO3/c1-7-6-11(5-4-9(7)12)8(2)10(13)14-3/h7-8H,4-6H2,1-3H3. The molecule has 80 valence electrons. The number of ether oxygens (including phenoxy) is 1. The first-order chi connectivity index (χ1) is 6.56. The van der Waals surface area contributed by atoms with Gasteiger partial charge in [-0.25, -0.2) is 0 Å². The molecule has 1 aliphatic rings. The predicted octanol–water partition coefficient (Wildman–Crippen LogP) is 0.459. The van der Waals surface area contributed by atoms with Crippen LogP contribution < -0.4 is 0 Å². The summed E-state index contributed by atoms with van der Waals surface area (Å²) >= 11 is 0. The highest BCUT2D eigenvalue weighted by Crippen LogP contribution is 2.15. The Morgan fingerprint density at radius 1 is 1.64 bits per heavy atom. The fraction of sp³-hybridized carbons (Fsp3) is 0.800. The average Bonchev–Trinajstić information content (AvgIpc) is 2.20. The molecule has 0 N–H and O–H groups in total. The van der Waals surface area contributed by atoms with Crippen molar-refractivity contribution in [2.24, 2.45) is 5.92 Å². The molecule has 0 radical (unpaired) electrons. The number of Topliss-reactive ketones (excluding diaryl/α,β-unsaturated/α-hetero) is 1. The quantitative estimate of drug-likeness (QED) is 0.606. The van der Waals surface area contributed by atoms with E-state index in [2.05, 4.69) is 4.74 Å². The van der Waals surface area contributed by atoms with Crippen LogP contribution in [0.15, 0.2) is 0 Å². The summed E-state index contributed by atoms with van der Waals surface area (Å²) in [7, 11) is 1.39. The largest absolute Gasteiger partial charge is 0.468 e. The summed E-state index contributed by atoms with van der Waals surface area (Å²) in [4.78, 5) is 24.5. The van der Waals surface area contributed by atoms with Crippen LogP contribution in [0.5, 0.6) is 0 Å². The number of nitrogens with zero attached hydrogens (tertiary/aromatic N) is 1. The van der Waals surface area contributed by atoms with Gasteiger partial charge in [-0.3, -0.25) is 14.5 Å². The first-order valence-electron chi connectivity index (χ1n) is 4.91. The van der Waals surface area contributed by atoms with Crippen molar-refractivity contribution in [1.82, 2.24) is 4.90 Å². The molecule has 0 aliphatic carbocycles. The van der Waals surface area contributed by atoms with E-state index in [0.717, 1.165) is 0 Å². The van der Waals surface area contributed by atoms with Crippen LogP contribution in [0.3, 0.4) is 0 Å². The molecule has 0 aromatic rings. The summed E-state index contributed by atoms with van der Waals surface area (Å²) in [6, 6.07) is -0.240. The zero-order valence-corrected chi connectivity index (χ0v) is 8.95. The van der Waals surface area contributed by atoms with Gasteiger partial charge in [-0.1, -0.05) is 6.92 Å². The van der Waals surface area contributed by atoms with Gasteiger partial charge in [-0.15, -0.1) is 0 Å². The summed E-state index contributed by atoms with van der Waals surface area (Å²) in [6.45, 7) is 5.04. The molecule has 0 aromatic carbocycles. The number of piperidine rings is 1. The van der Waals surface area contributed by atoms with E-state index < -0.39 is 0 Å². The van der Waals surface area contributed by atoms with Gasteiger partial charge in [0.1, 0.15) is 11.8 Å². The second kappa shape index (κ2) is 4.55. The van der Waals surface area contributed by atoms with Crippen LogP contribution in [-0.2, 0) is 14.3 Å². The molecule has 0 saturated carbocycles. The first-order valence-corrected chi connectivity index (χ1v) is 4.91. The normalized spacial score (nSPS) is 25.9. The molecule has 0 aromatic heterocycles. The van der Waals surface area contributed by atoms with Gasteiger partial charge < -0.3 is 4.74 Å². The van der Waals surface area contributed by atoms with Crippen molar-refractivity contribution in [2.45, 2.75) is 26.3 Å². The lowest BCUT2D eigenvalue weighted by Crippen LogP contribution is -2.47.